The van der Waals surface area contributed by atoms with Gasteiger partial charge >= 0.3 is 0 Å². The largest absolute Gasteiger partial charge is 0.324 e. The highest BCUT2D eigenvalue weighted by Crippen LogP contribution is 2.32. The quantitative estimate of drug-likeness (QED) is 0.787. The van der Waals surface area contributed by atoms with E-state index in [1.807, 2.05) is 6.08 Å². The average Bonchev–Trinajstić information content (AvgIpc) is 2.69. The first-order valence-electron chi connectivity index (χ1n) is 6.50. The molecule has 2 rings (SSSR count). The molecule has 5 nitrogen and oxygen atoms in total. The predicted molar refractivity (Wildman–Crippen MR) is 79.1 cm³/mol. The van der Waals surface area contributed by atoms with Crippen molar-refractivity contribution in [2.45, 2.75) is 32.2 Å². The second kappa shape index (κ2) is 5.16. The van der Waals surface area contributed by atoms with Gasteiger partial charge in [0, 0.05) is 20.1 Å². The zero-order chi connectivity index (χ0) is 15.1. The molecule has 0 amide bonds. The molecule has 0 atom stereocenters. The smallest absolute Gasteiger partial charge is 0.263 e. The van der Waals surface area contributed by atoms with Crippen LogP contribution in [-0.4, -0.2) is 35.4 Å². The van der Waals surface area contributed by atoms with Gasteiger partial charge in [-0.15, -0.1) is 0 Å². The number of hydrogen-bond donors (Lipinski definition) is 0. The van der Waals surface area contributed by atoms with Crippen molar-refractivity contribution < 1.29 is 8.42 Å². The van der Waals surface area contributed by atoms with E-state index in [1.165, 1.54) is 20.8 Å². The minimum atomic E-state index is -3.62. The number of sulfonamides is 1. The predicted octanol–water partition coefficient (Wildman–Crippen LogP) is 2.44. The van der Waals surface area contributed by atoms with Crippen molar-refractivity contribution in [1.82, 2.24) is 13.9 Å². The molecule has 7 heteroatoms. The van der Waals surface area contributed by atoms with Crippen LogP contribution < -0.4 is 0 Å². The summed E-state index contributed by atoms with van der Waals surface area (Å²) in [5, 5.41) is 0.0878. The Hall–Kier alpha value is -0.850. The SMILES string of the molecule is Cn1cnc(S(=O)(=O)N2CC=C(C(C)(C)C)CC2)c1Cl. The molecule has 112 valence electrons. The fraction of sp³-hybridized carbons (Fsp3) is 0.615. The molecule has 0 saturated heterocycles. The summed E-state index contributed by atoms with van der Waals surface area (Å²) in [5.74, 6) is 0. The van der Waals surface area contributed by atoms with Crippen LogP contribution in [0.2, 0.25) is 5.15 Å². The van der Waals surface area contributed by atoms with Gasteiger partial charge in [-0.25, -0.2) is 13.4 Å². The van der Waals surface area contributed by atoms with Crippen molar-refractivity contribution in [2.75, 3.05) is 13.1 Å². The van der Waals surface area contributed by atoms with E-state index >= 15 is 0 Å². The minimum absolute atomic E-state index is 0.0609. The van der Waals surface area contributed by atoms with Crippen LogP contribution in [0, 0.1) is 5.41 Å². The third-order valence-electron chi connectivity index (χ3n) is 3.55. The Balaban J connectivity index is 2.26. The monoisotopic (exact) mass is 317 g/mol. The lowest BCUT2D eigenvalue weighted by molar-refractivity contribution is 0.388. The first-order valence-corrected chi connectivity index (χ1v) is 8.32. The van der Waals surface area contributed by atoms with E-state index in [0.29, 0.717) is 13.1 Å². The molecule has 0 spiro atoms. The number of imidazole rings is 1. The van der Waals surface area contributed by atoms with E-state index in [2.05, 4.69) is 25.8 Å². The molecule has 1 aromatic rings. The Morgan fingerprint density at radius 1 is 1.35 bits per heavy atom. The lowest BCUT2D eigenvalue weighted by Crippen LogP contribution is -2.36. The van der Waals surface area contributed by atoms with Gasteiger partial charge < -0.3 is 4.57 Å². The molecule has 0 bridgehead atoms. The summed E-state index contributed by atoms with van der Waals surface area (Å²) < 4.78 is 28.0. The summed E-state index contributed by atoms with van der Waals surface area (Å²) in [6.07, 6.45) is 4.15. The zero-order valence-corrected chi connectivity index (χ0v) is 13.8. The molecule has 0 unspecified atom stereocenters. The topological polar surface area (TPSA) is 55.2 Å². The van der Waals surface area contributed by atoms with Gasteiger partial charge in [-0.2, -0.15) is 4.31 Å². The molecule has 0 saturated carbocycles. The van der Waals surface area contributed by atoms with Gasteiger partial charge in [-0.3, -0.25) is 0 Å². The first-order chi connectivity index (χ1) is 9.14. The Kier molecular flexibility index (Phi) is 4.01. The normalized spacial score (nSPS) is 18.1. The Labute approximate surface area is 125 Å². The molecule has 1 aromatic heterocycles. The van der Waals surface area contributed by atoms with Crippen molar-refractivity contribution in [3.05, 3.63) is 23.1 Å². The summed E-state index contributed by atoms with van der Waals surface area (Å²) in [6, 6.07) is 0. The molecule has 0 N–H and O–H groups in total. The van der Waals surface area contributed by atoms with E-state index in [4.69, 9.17) is 11.6 Å². The van der Waals surface area contributed by atoms with Crippen LogP contribution in [0.1, 0.15) is 27.2 Å². The lowest BCUT2D eigenvalue weighted by atomic mass is 9.83. The Morgan fingerprint density at radius 3 is 2.40 bits per heavy atom. The highest BCUT2D eigenvalue weighted by Gasteiger charge is 2.32. The van der Waals surface area contributed by atoms with Crippen LogP contribution in [0.4, 0.5) is 0 Å². The van der Waals surface area contributed by atoms with Crippen LogP contribution in [0.15, 0.2) is 23.0 Å². The Bertz CT molecular complexity index is 641. The van der Waals surface area contributed by atoms with Crippen LogP contribution in [-0.2, 0) is 17.1 Å². The first kappa shape index (κ1) is 15.5. The van der Waals surface area contributed by atoms with E-state index in [1.54, 1.807) is 7.05 Å². The van der Waals surface area contributed by atoms with E-state index in [9.17, 15) is 8.42 Å². The highest BCUT2D eigenvalue weighted by atomic mass is 35.5. The molecule has 1 aliphatic rings. The van der Waals surface area contributed by atoms with Gasteiger partial charge in [0.1, 0.15) is 5.15 Å². The van der Waals surface area contributed by atoms with Gasteiger partial charge in [0.25, 0.3) is 10.0 Å². The molecular formula is C13H20ClN3O2S. The van der Waals surface area contributed by atoms with Crippen LogP contribution in [0.3, 0.4) is 0 Å². The molecule has 0 aliphatic carbocycles. The highest BCUT2D eigenvalue weighted by molar-refractivity contribution is 7.89. The number of halogens is 1. The molecule has 1 aliphatic heterocycles. The minimum Gasteiger partial charge on any atom is -0.324 e. The summed E-state index contributed by atoms with van der Waals surface area (Å²) in [7, 11) is -1.95. The van der Waals surface area contributed by atoms with Gasteiger partial charge in [-0.1, -0.05) is 44.0 Å². The van der Waals surface area contributed by atoms with Gasteiger partial charge in [0.2, 0.25) is 5.03 Å². The maximum absolute atomic E-state index is 12.5. The van der Waals surface area contributed by atoms with Crippen LogP contribution in [0.5, 0.6) is 0 Å². The zero-order valence-electron chi connectivity index (χ0n) is 12.2. The number of rotatable bonds is 2. The molecule has 0 radical (unpaired) electrons. The molecule has 2 heterocycles. The summed E-state index contributed by atoms with van der Waals surface area (Å²) in [4.78, 5) is 3.91. The second-order valence-corrected chi connectivity index (χ2v) is 8.26. The van der Waals surface area contributed by atoms with E-state index in [-0.39, 0.29) is 15.6 Å². The van der Waals surface area contributed by atoms with E-state index < -0.39 is 10.0 Å². The number of aryl methyl sites for hydroxylation is 1. The summed E-state index contributed by atoms with van der Waals surface area (Å²) in [6.45, 7) is 7.26. The fourth-order valence-corrected chi connectivity index (χ4v) is 4.01. The molecule has 0 fully saturated rings. The fourth-order valence-electron chi connectivity index (χ4n) is 2.24. The Morgan fingerprint density at radius 2 is 2.00 bits per heavy atom. The van der Waals surface area contributed by atoms with Crippen LogP contribution >= 0.6 is 11.6 Å². The van der Waals surface area contributed by atoms with Crippen molar-refractivity contribution in [1.29, 1.82) is 0 Å². The standard InChI is InChI=1S/C13H20ClN3O2S/c1-13(2,3)10-5-7-17(8-6-10)20(18,19)12-11(14)16(4)9-15-12/h5,9H,6-8H2,1-4H3. The van der Waals surface area contributed by atoms with Crippen molar-refractivity contribution >= 4 is 21.6 Å². The third-order valence-corrected chi connectivity index (χ3v) is 5.91. The summed E-state index contributed by atoms with van der Waals surface area (Å²) in [5.41, 5.74) is 1.37. The van der Waals surface area contributed by atoms with Gasteiger partial charge in [-0.05, 0) is 11.8 Å². The van der Waals surface area contributed by atoms with Crippen molar-refractivity contribution in [3.63, 3.8) is 0 Å². The van der Waals surface area contributed by atoms with Crippen LogP contribution in [0.25, 0.3) is 0 Å². The average molecular weight is 318 g/mol. The maximum atomic E-state index is 12.5. The van der Waals surface area contributed by atoms with Gasteiger partial charge in [0.05, 0.1) is 6.33 Å². The van der Waals surface area contributed by atoms with Crippen molar-refractivity contribution in [3.8, 4) is 0 Å². The van der Waals surface area contributed by atoms with Crippen molar-refractivity contribution in [2.24, 2.45) is 12.5 Å². The van der Waals surface area contributed by atoms with Gasteiger partial charge in [0.15, 0.2) is 0 Å². The second-order valence-electron chi connectivity index (χ2n) is 6.04. The number of aromatic nitrogens is 2. The third kappa shape index (κ3) is 2.77. The van der Waals surface area contributed by atoms with E-state index in [0.717, 1.165) is 6.42 Å². The molecule has 20 heavy (non-hydrogen) atoms. The maximum Gasteiger partial charge on any atom is 0.263 e. The molecule has 0 aromatic carbocycles. The lowest BCUT2D eigenvalue weighted by Gasteiger charge is -2.31. The number of hydrogen-bond acceptors (Lipinski definition) is 3. The molecular weight excluding hydrogens is 298 g/mol. The summed E-state index contributed by atoms with van der Waals surface area (Å²) >= 11 is 5.99. The number of nitrogens with zero attached hydrogens (tertiary/aromatic N) is 3.